The van der Waals surface area contributed by atoms with Crippen LogP contribution in [-0.4, -0.2) is 49.1 Å². The summed E-state index contributed by atoms with van der Waals surface area (Å²) in [5.74, 6) is 0.924. The molecule has 120 valence electrons. The molecule has 0 bridgehead atoms. The van der Waals surface area contributed by atoms with E-state index in [0.717, 1.165) is 53.3 Å². The Morgan fingerprint density at radius 3 is 2.50 bits per heavy atom. The van der Waals surface area contributed by atoms with Gasteiger partial charge in [-0.2, -0.15) is 0 Å². The summed E-state index contributed by atoms with van der Waals surface area (Å²) in [6.07, 6.45) is 1.08. The van der Waals surface area contributed by atoms with Gasteiger partial charge < -0.3 is 15.5 Å². The van der Waals surface area contributed by atoms with Crippen molar-refractivity contribution in [2.24, 2.45) is 0 Å². The molecule has 2 rings (SSSR count). The summed E-state index contributed by atoms with van der Waals surface area (Å²) < 4.78 is 0. The van der Waals surface area contributed by atoms with Crippen molar-refractivity contribution in [1.29, 1.82) is 0 Å². The maximum Gasteiger partial charge on any atom is 0.164 e. The molecule has 0 saturated carbocycles. The average molecular weight is 301 g/mol. The summed E-state index contributed by atoms with van der Waals surface area (Å²) >= 11 is 0. The fourth-order valence-corrected chi connectivity index (χ4v) is 2.79. The summed E-state index contributed by atoms with van der Waals surface area (Å²) in [5, 5.41) is 7.89. The average Bonchev–Trinajstić information content (AvgIpc) is 2.44. The van der Waals surface area contributed by atoms with Crippen molar-refractivity contribution in [3.05, 3.63) is 22.9 Å². The van der Waals surface area contributed by atoms with E-state index in [1.807, 2.05) is 14.0 Å². The van der Waals surface area contributed by atoms with Crippen LogP contribution in [0.3, 0.4) is 0 Å². The second-order valence-corrected chi connectivity index (χ2v) is 6.07. The van der Waals surface area contributed by atoms with Crippen LogP contribution >= 0.6 is 0 Å². The molecule has 2 N–H and O–H groups in total. The monoisotopic (exact) mass is 301 g/mol. The van der Waals surface area contributed by atoms with Crippen molar-refractivity contribution in [3.8, 4) is 0 Å². The molecule has 2 aromatic heterocycles. The van der Waals surface area contributed by atoms with Crippen LogP contribution < -0.4 is 10.6 Å². The summed E-state index contributed by atoms with van der Waals surface area (Å²) in [5.41, 5.74) is 5.28. The van der Waals surface area contributed by atoms with E-state index in [0.29, 0.717) is 0 Å². The van der Waals surface area contributed by atoms with E-state index < -0.39 is 0 Å². The Balaban J connectivity index is 2.37. The number of anilines is 2. The highest BCUT2D eigenvalue weighted by molar-refractivity contribution is 5.95. The van der Waals surface area contributed by atoms with Crippen molar-refractivity contribution in [2.45, 2.75) is 27.2 Å². The lowest BCUT2D eigenvalue weighted by molar-refractivity contribution is 0.405. The third kappa shape index (κ3) is 3.47. The van der Waals surface area contributed by atoms with Crippen LogP contribution in [0.25, 0.3) is 11.0 Å². The summed E-state index contributed by atoms with van der Waals surface area (Å²) in [4.78, 5) is 11.5. The Morgan fingerprint density at radius 1 is 1.14 bits per heavy atom. The second-order valence-electron chi connectivity index (χ2n) is 6.07. The normalized spacial score (nSPS) is 11.2. The van der Waals surface area contributed by atoms with E-state index in [-0.39, 0.29) is 0 Å². The smallest absolute Gasteiger partial charge is 0.164 e. The van der Waals surface area contributed by atoms with Gasteiger partial charge in [-0.25, -0.2) is 9.97 Å². The van der Waals surface area contributed by atoms with Crippen LogP contribution in [0.5, 0.6) is 0 Å². The Hall–Kier alpha value is -1.88. The molecule has 0 aromatic carbocycles. The Kier molecular flexibility index (Phi) is 5.19. The van der Waals surface area contributed by atoms with Crippen LogP contribution in [0.15, 0.2) is 6.07 Å². The third-order valence-electron chi connectivity index (χ3n) is 3.85. The van der Waals surface area contributed by atoms with Crippen LogP contribution in [0.1, 0.15) is 23.2 Å². The molecule has 0 spiro atoms. The quantitative estimate of drug-likeness (QED) is 0.803. The highest BCUT2D eigenvalue weighted by atomic mass is 15.1. The third-order valence-corrected chi connectivity index (χ3v) is 3.85. The predicted molar refractivity (Wildman–Crippen MR) is 95.0 cm³/mol. The molecule has 2 heterocycles. The Bertz CT molecular complexity index is 664. The van der Waals surface area contributed by atoms with Crippen LogP contribution in [0, 0.1) is 20.8 Å². The van der Waals surface area contributed by atoms with E-state index in [9.17, 15) is 0 Å². The largest absolute Gasteiger partial charge is 0.387 e. The Labute approximate surface area is 133 Å². The molecule has 0 atom stereocenters. The standard InChI is InChI=1S/C17H27N5/c1-11-10-12(2)20-17-14(11)15(18-4)13(3)16(21-17)19-8-7-9-22(5)6/h10H,7-9H2,1-6H3,(H2,18,19,20,21). The summed E-state index contributed by atoms with van der Waals surface area (Å²) in [7, 11) is 6.14. The van der Waals surface area contributed by atoms with Gasteiger partial charge in [-0.05, 0) is 59.5 Å². The predicted octanol–water partition coefficient (Wildman–Crippen LogP) is 2.96. The van der Waals surface area contributed by atoms with Gasteiger partial charge in [0.25, 0.3) is 0 Å². The molecule has 5 nitrogen and oxygen atoms in total. The summed E-state index contributed by atoms with van der Waals surface area (Å²) in [6, 6.07) is 2.11. The molecule has 0 aliphatic rings. The zero-order chi connectivity index (χ0) is 16.3. The van der Waals surface area contributed by atoms with Gasteiger partial charge >= 0.3 is 0 Å². The molecule has 22 heavy (non-hydrogen) atoms. The van der Waals surface area contributed by atoms with E-state index >= 15 is 0 Å². The van der Waals surface area contributed by atoms with Gasteiger partial charge in [0, 0.05) is 30.2 Å². The molecule has 0 aliphatic carbocycles. The maximum absolute atomic E-state index is 4.75. The molecule has 0 aliphatic heterocycles. The number of aryl methyl sites for hydroxylation is 2. The Morgan fingerprint density at radius 2 is 1.86 bits per heavy atom. The number of hydrogen-bond donors (Lipinski definition) is 2. The number of rotatable bonds is 6. The molecular weight excluding hydrogens is 274 g/mol. The van der Waals surface area contributed by atoms with Crippen LogP contribution in [0.4, 0.5) is 11.5 Å². The summed E-state index contributed by atoms with van der Waals surface area (Å²) in [6.45, 7) is 8.20. The zero-order valence-corrected chi connectivity index (χ0v) is 14.5. The molecule has 5 heteroatoms. The number of pyridine rings is 2. The fourth-order valence-electron chi connectivity index (χ4n) is 2.79. The SMILES string of the molecule is CNc1c(C)c(NCCCN(C)C)nc2nc(C)cc(C)c12. The molecule has 0 unspecified atom stereocenters. The van der Waals surface area contributed by atoms with Crippen molar-refractivity contribution in [3.63, 3.8) is 0 Å². The molecule has 2 aromatic rings. The highest BCUT2D eigenvalue weighted by Gasteiger charge is 2.14. The van der Waals surface area contributed by atoms with Gasteiger partial charge in [-0.1, -0.05) is 0 Å². The minimum Gasteiger partial charge on any atom is -0.387 e. The first-order chi connectivity index (χ1) is 10.4. The lowest BCUT2D eigenvalue weighted by Crippen LogP contribution is -2.17. The first-order valence-electron chi connectivity index (χ1n) is 7.79. The maximum atomic E-state index is 4.75. The van der Waals surface area contributed by atoms with Crippen molar-refractivity contribution in [2.75, 3.05) is 44.9 Å². The van der Waals surface area contributed by atoms with Crippen molar-refractivity contribution in [1.82, 2.24) is 14.9 Å². The zero-order valence-electron chi connectivity index (χ0n) is 14.5. The van der Waals surface area contributed by atoms with Gasteiger partial charge in [-0.15, -0.1) is 0 Å². The number of aromatic nitrogens is 2. The van der Waals surface area contributed by atoms with Crippen molar-refractivity contribution >= 4 is 22.5 Å². The number of nitrogens with zero attached hydrogens (tertiary/aromatic N) is 3. The second kappa shape index (κ2) is 6.92. The van der Waals surface area contributed by atoms with Gasteiger partial charge in [-0.3, -0.25) is 0 Å². The molecule has 0 fully saturated rings. The highest BCUT2D eigenvalue weighted by Crippen LogP contribution is 2.32. The molecule has 0 amide bonds. The molecule has 0 radical (unpaired) electrons. The topological polar surface area (TPSA) is 53.1 Å². The van der Waals surface area contributed by atoms with Gasteiger partial charge in [0.1, 0.15) is 5.82 Å². The first kappa shape index (κ1) is 16.5. The first-order valence-corrected chi connectivity index (χ1v) is 7.79. The molecular formula is C17H27N5. The number of fused-ring (bicyclic) bond motifs is 1. The van der Waals surface area contributed by atoms with Gasteiger partial charge in [0.2, 0.25) is 0 Å². The minimum absolute atomic E-state index is 0.808. The van der Waals surface area contributed by atoms with Crippen LogP contribution in [-0.2, 0) is 0 Å². The number of nitrogens with one attached hydrogen (secondary N) is 2. The van der Waals surface area contributed by atoms with E-state index in [1.54, 1.807) is 0 Å². The fraction of sp³-hybridized carbons (Fsp3) is 0.529. The number of hydrogen-bond acceptors (Lipinski definition) is 5. The van der Waals surface area contributed by atoms with Gasteiger partial charge in [0.15, 0.2) is 5.65 Å². The lowest BCUT2D eigenvalue weighted by Gasteiger charge is -2.17. The molecule has 0 saturated heterocycles. The lowest BCUT2D eigenvalue weighted by atomic mass is 10.1. The minimum atomic E-state index is 0.808. The van der Waals surface area contributed by atoms with Crippen LogP contribution in [0.2, 0.25) is 0 Å². The van der Waals surface area contributed by atoms with Crippen molar-refractivity contribution < 1.29 is 0 Å². The van der Waals surface area contributed by atoms with E-state index in [2.05, 4.69) is 54.5 Å². The van der Waals surface area contributed by atoms with Gasteiger partial charge in [0.05, 0.1) is 5.69 Å². The van der Waals surface area contributed by atoms with E-state index in [1.165, 1.54) is 5.56 Å². The van der Waals surface area contributed by atoms with E-state index in [4.69, 9.17) is 4.98 Å².